The van der Waals surface area contributed by atoms with E-state index in [9.17, 15) is 9.90 Å². The minimum atomic E-state index is -1.36. The Morgan fingerprint density at radius 1 is 1.33 bits per heavy atom. The average molecular weight is 286 g/mol. The summed E-state index contributed by atoms with van der Waals surface area (Å²) in [4.78, 5) is 16.6. The predicted molar refractivity (Wildman–Crippen MR) is 74.4 cm³/mol. The highest BCUT2D eigenvalue weighted by atomic mass is 16.5. The topological polar surface area (TPSA) is 91.8 Å². The van der Waals surface area contributed by atoms with Gasteiger partial charge in [-0.25, -0.2) is 5.01 Å². The van der Waals surface area contributed by atoms with Gasteiger partial charge in [-0.1, -0.05) is 23.4 Å². The lowest BCUT2D eigenvalue weighted by Crippen LogP contribution is -2.46. The first kappa shape index (κ1) is 13.4. The summed E-state index contributed by atoms with van der Waals surface area (Å²) in [5.41, 5.74) is -0.165. The van der Waals surface area contributed by atoms with Crippen LogP contribution >= 0.6 is 0 Å². The smallest absolute Gasteiger partial charge is 0.264 e. The van der Waals surface area contributed by atoms with Gasteiger partial charge in [0.05, 0.1) is 12.3 Å². The first-order chi connectivity index (χ1) is 10.1. The molecule has 3 rings (SSSR count). The van der Waals surface area contributed by atoms with Crippen LogP contribution in [0.4, 0.5) is 0 Å². The van der Waals surface area contributed by atoms with Crippen molar-refractivity contribution in [3.63, 3.8) is 0 Å². The Morgan fingerprint density at radius 2 is 2.05 bits per heavy atom. The fourth-order valence-corrected chi connectivity index (χ4v) is 2.39. The van der Waals surface area contributed by atoms with Crippen LogP contribution in [0.15, 0.2) is 40.0 Å². The Morgan fingerprint density at radius 3 is 2.62 bits per heavy atom. The van der Waals surface area contributed by atoms with Gasteiger partial charge in [0.1, 0.15) is 0 Å². The summed E-state index contributed by atoms with van der Waals surface area (Å²) in [6, 6.07) is 9.23. The van der Waals surface area contributed by atoms with Gasteiger partial charge in [0, 0.05) is 12.6 Å². The molecule has 0 spiro atoms. The molecule has 2 aromatic rings. The third-order valence-corrected chi connectivity index (χ3v) is 3.64. The minimum Gasteiger partial charge on any atom is -0.394 e. The molecule has 0 bridgehead atoms. The van der Waals surface area contributed by atoms with E-state index < -0.39 is 12.0 Å². The number of carbonyl (C=O) groups is 1. The molecule has 21 heavy (non-hydrogen) atoms. The van der Waals surface area contributed by atoms with Gasteiger partial charge in [-0.2, -0.15) is 10.1 Å². The molecule has 1 unspecified atom stereocenters. The van der Waals surface area contributed by atoms with Crippen LogP contribution < -0.4 is 0 Å². The number of benzene rings is 1. The monoisotopic (exact) mass is 286 g/mol. The van der Waals surface area contributed by atoms with E-state index in [0.29, 0.717) is 11.6 Å². The number of aliphatic hydroxyl groups is 1. The van der Waals surface area contributed by atoms with Gasteiger partial charge in [0.2, 0.25) is 0 Å². The molecule has 0 saturated heterocycles. The first-order valence-corrected chi connectivity index (χ1v) is 6.44. The molecular formula is C14H14N4O3. The Kier molecular flexibility index (Phi) is 3.06. The summed E-state index contributed by atoms with van der Waals surface area (Å²) in [6.45, 7) is 1.20. The largest absolute Gasteiger partial charge is 0.394 e. The van der Waals surface area contributed by atoms with Crippen molar-refractivity contribution in [2.24, 2.45) is 5.10 Å². The molecule has 108 valence electrons. The Labute approximate surface area is 120 Å². The highest BCUT2D eigenvalue weighted by molar-refractivity contribution is 6.16. The lowest BCUT2D eigenvalue weighted by Gasteiger charge is -2.20. The second-order valence-electron chi connectivity index (χ2n) is 4.87. The molecule has 1 atom stereocenters. The van der Waals surface area contributed by atoms with Crippen molar-refractivity contribution < 1.29 is 14.4 Å². The van der Waals surface area contributed by atoms with Crippen LogP contribution in [0.5, 0.6) is 0 Å². The van der Waals surface area contributed by atoms with E-state index in [4.69, 9.17) is 4.52 Å². The normalized spacial score (nSPS) is 21.8. The number of nitrogens with zero attached hydrogens (tertiary/aromatic N) is 4. The second-order valence-corrected chi connectivity index (χ2v) is 4.87. The van der Waals surface area contributed by atoms with E-state index in [1.807, 2.05) is 30.3 Å². The summed E-state index contributed by atoms with van der Waals surface area (Å²) in [5.74, 6) is 0.0518. The van der Waals surface area contributed by atoms with Crippen LogP contribution in [0.3, 0.4) is 0 Å². The molecular weight excluding hydrogens is 272 g/mol. The van der Waals surface area contributed by atoms with Crippen molar-refractivity contribution in [2.75, 3.05) is 13.7 Å². The fraction of sp³-hybridized carbons (Fsp3) is 0.286. The number of amides is 1. The fourth-order valence-electron chi connectivity index (χ4n) is 2.39. The van der Waals surface area contributed by atoms with Crippen LogP contribution in [0.25, 0.3) is 11.5 Å². The predicted octanol–water partition coefficient (Wildman–Crippen LogP) is 0.815. The minimum absolute atomic E-state index is 0.124. The van der Waals surface area contributed by atoms with Crippen molar-refractivity contribution >= 4 is 11.6 Å². The lowest BCUT2D eigenvalue weighted by atomic mass is 9.83. The van der Waals surface area contributed by atoms with Crippen molar-refractivity contribution in [3.05, 3.63) is 36.2 Å². The zero-order valence-electron chi connectivity index (χ0n) is 11.6. The molecule has 1 aliphatic rings. The molecule has 7 heteroatoms. The lowest BCUT2D eigenvalue weighted by molar-refractivity contribution is -0.133. The van der Waals surface area contributed by atoms with Gasteiger partial charge in [-0.05, 0) is 19.1 Å². The maximum atomic E-state index is 12.3. The van der Waals surface area contributed by atoms with Gasteiger partial charge in [-0.3, -0.25) is 4.79 Å². The maximum Gasteiger partial charge on any atom is 0.264 e. The molecule has 1 N–H and O–H groups in total. The number of hydrogen-bond donors (Lipinski definition) is 1. The van der Waals surface area contributed by atoms with E-state index >= 15 is 0 Å². The highest BCUT2D eigenvalue weighted by Crippen LogP contribution is 2.32. The molecule has 7 nitrogen and oxygen atoms in total. The average Bonchev–Trinajstić information content (AvgIpc) is 3.06. The number of hydrazone groups is 1. The summed E-state index contributed by atoms with van der Waals surface area (Å²) in [5, 5.41) is 18.9. The molecule has 1 amide bonds. The van der Waals surface area contributed by atoms with Gasteiger partial charge in [0.15, 0.2) is 11.2 Å². The molecule has 1 aromatic heterocycles. The SMILES string of the molecule is CC1=NN(C)C(=O)C1(CO)c1noc(-c2ccccc2)n1. The van der Waals surface area contributed by atoms with Crippen molar-refractivity contribution in [2.45, 2.75) is 12.3 Å². The molecule has 0 saturated carbocycles. The summed E-state index contributed by atoms with van der Waals surface area (Å²) >= 11 is 0. The van der Waals surface area contributed by atoms with E-state index in [0.717, 1.165) is 5.56 Å². The maximum absolute atomic E-state index is 12.3. The first-order valence-electron chi connectivity index (χ1n) is 6.44. The Balaban J connectivity index is 2.07. The number of aliphatic hydroxyl groups excluding tert-OH is 1. The molecule has 0 aliphatic carbocycles. The van der Waals surface area contributed by atoms with E-state index in [-0.39, 0.29) is 11.7 Å². The van der Waals surface area contributed by atoms with Crippen LogP contribution in [0.2, 0.25) is 0 Å². The molecule has 2 heterocycles. The number of rotatable bonds is 3. The standard InChI is InChI=1S/C14H14N4O3/c1-9-14(8-19,13(20)18(2)16-9)12-15-11(21-17-12)10-6-4-3-5-7-10/h3-7,19H,8H2,1-2H3. The van der Waals surface area contributed by atoms with Gasteiger partial charge < -0.3 is 9.63 Å². The number of carbonyl (C=O) groups excluding carboxylic acids is 1. The Bertz CT molecular complexity index is 710. The molecule has 0 radical (unpaired) electrons. The van der Waals surface area contributed by atoms with Gasteiger partial charge in [-0.15, -0.1) is 0 Å². The quantitative estimate of drug-likeness (QED) is 0.901. The van der Waals surface area contributed by atoms with Crippen molar-refractivity contribution in [1.29, 1.82) is 0 Å². The number of aromatic nitrogens is 2. The van der Waals surface area contributed by atoms with Crippen molar-refractivity contribution in [3.8, 4) is 11.5 Å². The summed E-state index contributed by atoms with van der Waals surface area (Å²) in [6.07, 6.45) is 0. The van der Waals surface area contributed by atoms with Crippen LogP contribution in [0, 0.1) is 0 Å². The highest BCUT2D eigenvalue weighted by Gasteiger charge is 2.53. The second kappa shape index (κ2) is 4.78. The third-order valence-electron chi connectivity index (χ3n) is 3.64. The number of likely N-dealkylation sites (N-methyl/N-ethyl adjacent to an activating group) is 1. The Hall–Kier alpha value is -2.54. The van der Waals surface area contributed by atoms with E-state index in [1.165, 1.54) is 12.1 Å². The van der Waals surface area contributed by atoms with E-state index in [2.05, 4.69) is 15.2 Å². The van der Waals surface area contributed by atoms with Crippen LogP contribution in [-0.2, 0) is 10.2 Å². The van der Waals surface area contributed by atoms with Gasteiger partial charge >= 0.3 is 0 Å². The molecule has 1 aromatic carbocycles. The van der Waals surface area contributed by atoms with E-state index in [1.54, 1.807) is 6.92 Å². The molecule has 0 fully saturated rings. The molecule has 1 aliphatic heterocycles. The van der Waals surface area contributed by atoms with Gasteiger partial charge in [0.25, 0.3) is 11.8 Å². The van der Waals surface area contributed by atoms with Crippen LogP contribution in [-0.4, -0.2) is 45.5 Å². The number of hydrogen-bond acceptors (Lipinski definition) is 6. The van der Waals surface area contributed by atoms with Crippen molar-refractivity contribution in [1.82, 2.24) is 15.1 Å². The third kappa shape index (κ3) is 1.85. The van der Waals surface area contributed by atoms with Crippen LogP contribution in [0.1, 0.15) is 12.7 Å². The summed E-state index contributed by atoms with van der Waals surface area (Å²) in [7, 11) is 1.53. The zero-order valence-corrected chi connectivity index (χ0v) is 11.6. The summed E-state index contributed by atoms with van der Waals surface area (Å²) < 4.78 is 5.22. The zero-order chi connectivity index (χ0) is 15.0.